The first-order valence-corrected chi connectivity index (χ1v) is 10.4. The van der Waals surface area contributed by atoms with Crippen LogP contribution in [0, 0.1) is 11.6 Å². The fraction of sp³-hybridized carbons (Fsp3) is 0.286. The summed E-state index contributed by atoms with van der Waals surface area (Å²) in [5.74, 6) is -0.473. The van der Waals surface area contributed by atoms with E-state index >= 15 is 0 Å². The Labute approximate surface area is 172 Å². The number of hydrogen-bond acceptors (Lipinski definition) is 4. The van der Waals surface area contributed by atoms with Gasteiger partial charge in [-0.25, -0.2) is 8.78 Å². The van der Waals surface area contributed by atoms with Gasteiger partial charge in [-0.05, 0) is 42.8 Å². The van der Waals surface area contributed by atoms with E-state index in [0.717, 1.165) is 19.3 Å². The SMILES string of the molecule is CCCCCNC(=O)CSc1nnc(-c2ccccc2F)n1-c1ccc(F)cc1. The van der Waals surface area contributed by atoms with Crippen LogP contribution >= 0.6 is 11.8 Å². The average Bonchev–Trinajstić information content (AvgIpc) is 3.14. The molecule has 0 saturated carbocycles. The third-order valence-electron chi connectivity index (χ3n) is 4.27. The highest BCUT2D eigenvalue weighted by Gasteiger charge is 2.19. The maximum atomic E-state index is 14.3. The van der Waals surface area contributed by atoms with Crippen LogP contribution in [0.25, 0.3) is 17.1 Å². The van der Waals surface area contributed by atoms with Crippen molar-refractivity contribution in [2.45, 2.75) is 31.3 Å². The third-order valence-corrected chi connectivity index (χ3v) is 5.20. The molecule has 0 aliphatic carbocycles. The number of carbonyl (C=O) groups is 1. The van der Waals surface area contributed by atoms with Gasteiger partial charge in [-0.1, -0.05) is 43.7 Å². The predicted octanol–water partition coefficient (Wildman–Crippen LogP) is 4.61. The van der Waals surface area contributed by atoms with Gasteiger partial charge >= 0.3 is 0 Å². The molecule has 1 amide bonds. The summed E-state index contributed by atoms with van der Waals surface area (Å²) in [6, 6.07) is 12.0. The van der Waals surface area contributed by atoms with Crippen molar-refractivity contribution in [2.24, 2.45) is 0 Å². The summed E-state index contributed by atoms with van der Waals surface area (Å²) in [5, 5.41) is 11.6. The molecule has 29 heavy (non-hydrogen) atoms. The smallest absolute Gasteiger partial charge is 0.230 e. The minimum atomic E-state index is -0.437. The van der Waals surface area contributed by atoms with E-state index in [1.165, 1.54) is 30.0 Å². The van der Waals surface area contributed by atoms with Crippen LogP contribution in [0.15, 0.2) is 53.7 Å². The number of nitrogens with one attached hydrogen (secondary N) is 1. The quantitative estimate of drug-likeness (QED) is 0.409. The zero-order valence-corrected chi connectivity index (χ0v) is 16.9. The summed E-state index contributed by atoms with van der Waals surface area (Å²) in [4.78, 5) is 12.1. The molecular weight excluding hydrogens is 394 g/mol. The van der Waals surface area contributed by atoms with Gasteiger partial charge in [0.2, 0.25) is 5.91 Å². The number of aromatic nitrogens is 3. The number of benzene rings is 2. The lowest BCUT2D eigenvalue weighted by Crippen LogP contribution is -2.26. The van der Waals surface area contributed by atoms with Crippen molar-refractivity contribution in [1.29, 1.82) is 0 Å². The van der Waals surface area contributed by atoms with Crippen LogP contribution in [-0.2, 0) is 4.79 Å². The molecule has 1 heterocycles. The molecule has 1 aromatic heterocycles. The van der Waals surface area contributed by atoms with E-state index in [4.69, 9.17) is 0 Å². The number of hydrogen-bond donors (Lipinski definition) is 1. The van der Waals surface area contributed by atoms with E-state index in [1.807, 2.05) is 0 Å². The van der Waals surface area contributed by atoms with Crippen LogP contribution in [0.4, 0.5) is 8.78 Å². The van der Waals surface area contributed by atoms with Gasteiger partial charge in [-0.2, -0.15) is 0 Å². The number of rotatable bonds is 9. The van der Waals surface area contributed by atoms with E-state index in [2.05, 4.69) is 22.4 Å². The second kappa shape index (κ2) is 10.2. The van der Waals surface area contributed by atoms with Crippen molar-refractivity contribution in [3.63, 3.8) is 0 Å². The molecule has 0 spiro atoms. The van der Waals surface area contributed by atoms with E-state index in [9.17, 15) is 13.6 Å². The fourth-order valence-electron chi connectivity index (χ4n) is 2.79. The molecule has 0 aliphatic heterocycles. The van der Waals surface area contributed by atoms with Gasteiger partial charge in [0.05, 0.1) is 11.3 Å². The number of amides is 1. The first-order chi connectivity index (χ1) is 14.1. The van der Waals surface area contributed by atoms with E-state index in [1.54, 1.807) is 34.9 Å². The molecule has 0 radical (unpaired) electrons. The lowest BCUT2D eigenvalue weighted by atomic mass is 10.2. The van der Waals surface area contributed by atoms with Gasteiger partial charge in [-0.3, -0.25) is 9.36 Å². The molecular formula is C21H22F2N4OS. The van der Waals surface area contributed by atoms with Crippen LogP contribution < -0.4 is 5.32 Å². The van der Waals surface area contributed by atoms with Crippen molar-refractivity contribution in [3.05, 3.63) is 60.2 Å². The van der Waals surface area contributed by atoms with E-state index in [-0.39, 0.29) is 23.0 Å². The minimum Gasteiger partial charge on any atom is -0.355 e. The number of thioether (sulfide) groups is 1. The van der Waals surface area contributed by atoms with Crippen LogP contribution in [0.2, 0.25) is 0 Å². The summed E-state index contributed by atoms with van der Waals surface area (Å²) < 4.78 is 29.4. The van der Waals surface area contributed by atoms with Gasteiger partial charge in [-0.15, -0.1) is 10.2 Å². The van der Waals surface area contributed by atoms with Crippen molar-refractivity contribution in [1.82, 2.24) is 20.1 Å². The van der Waals surface area contributed by atoms with Crippen molar-refractivity contribution < 1.29 is 13.6 Å². The maximum Gasteiger partial charge on any atom is 0.230 e. The van der Waals surface area contributed by atoms with Gasteiger partial charge < -0.3 is 5.32 Å². The summed E-state index contributed by atoms with van der Waals surface area (Å²) in [5.41, 5.74) is 0.862. The Morgan fingerprint density at radius 2 is 1.83 bits per heavy atom. The largest absolute Gasteiger partial charge is 0.355 e. The fourth-order valence-corrected chi connectivity index (χ4v) is 3.57. The van der Waals surface area contributed by atoms with Crippen LogP contribution in [0.1, 0.15) is 26.2 Å². The molecule has 5 nitrogen and oxygen atoms in total. The van der Waals surface area contributed by atoms with Crippen molar-refractivity contribution >= 4 is 17.7 Å². The summed E-state index contributed by atoms with van der Waals surface area (Å²) >= 11 is 1.20. The highest BCUT2D eigenvalue weighted by atomic mass is 32.2. The van der Waals surface area contributed by atoms with Crippen molar-refractivity contribution in [2.75, 3.05) is 12.3 Å². The van der Waals surface area contributed by atoms with E-state index in [0.29, 0.717) is 23.2 Å². The Morgan fingerprint density at radius 1 is 1.07 bits per heavy atom. The maximum absolute atomic E-state index is 14.3. The highest BCUT2D eigenvalue weighted by molar-refractivity contribution is 7.99. The van der Waals surface area contributed by atoms with Gasteiger partial charge in [0, 0.05) is 12.2 Å². The number of halogens is 2. The molecule has 0 atom stereocenters. The Morgan fingerprint density at radius 3 is 2.55 bits per heavy atom. The Bertz CT molecular complexity index is 960. The topological polar surface area (TPSA) is 59.8 Å². The first kappa shape index (κ1) is 21.0. The molecule has 3 aromatic rings. The van der Waals surface area contributed by atoms with Gasteiger partial charge in [0.15, 0.2) is 11.0 Å². The Hall–Kier alpha value is -2.74. The molecule has 0 bridgehead atoms. The molecule has 3 rings (SSSR count). The predicted molar refractivity (Wildman–Crippen MR) is 110 cm³/mol. The lowest BCUT2D eigenvalue weighted by molar-refractivity contribution is -0.118. The molecule has 2 aromatic carbocycles. The summed E-state index contributed by atoms with van der Waals surface area (Å²) in [7, 11) is 0. The number of unbranched alkanes of at least 4 members (excludes halogenated alkanes) is 2. The Balaban J connectivity index is 1.85. The molecule has 1 N–H and O–H groups in total. The highest BCUT2D eigenvalue weighted by Crippen LogP contribution is 2.29. The summed E-state index contributed by atoms with van der Waals surface area (Å²) in [6.07, 6.45) is 3.10. The zero-order valence-electron chi connectivity index (χ0n) is 16.1. The molecule has 0 fully saturated rings. The average molecular weight is 416 g/mol. The second-order valence-corrected chi connectivity index (χ2v) is 7.39. The normalized spacial score (nSPS) is 10.9. The number of nitrogens with zero attached hydrogens (tertiary/aromatic N) is 3. The molecule has 0 aliphatic rings. The number of carbonyl (C=O) groups excluding carboxylic acids is 1. The van der Waals surface area contributed by atoms with Crippen LogP contribution in [0.3, 0.4) is 0 Å². The van der Waals surface area contributed by atoms with Crippen LogP contribution in [0.5, 0.6) is 0 Å². The summed E-state index contributed by atoms with van der Waals surface area (Å²) in [6.45, 7) is 2.74. The zero-order chi connectivity index (χ0) is 20.6. The Kier molecular flexibility index (Phi) is 7.35. The molecule has 152 valence electrons. The first-order valence-electron chi connectivity index (χ1n) is 9.46. The third kappa shape index (κ3) is 5.41. The van der Waals surface area contributed by atoms with E-state index < -0.39 is 5.82 Å². The molecule has 0 unspecified atom stereocenters. The van der Waals surface area contributed by atoms with Gasteiger partial charge in [0.25, 0.3) is 0 Å². The van der Waals surface area contributed by atoms with Gasteiger partial charge in [0.1, 0.15) is 11.6 Å². The van der Waals surface area contributed by atoms with Crippen LogP contribution in [-0.4, -0.2) is 33.0 Å². The lowest BCUT2D eigenvalue weighted by Gasteiger charge is -2.11. The molecule has 8 heteroatoms. The standard InChI is InChI=1S/C21H22F2N4OS/c1-2-3-6-13-24-19(28)14-29-21-26-25-20(17-7-4-5-8-18(17)23)27(21)16-11-9-15(22)10-12-16/h4-5,7-12H,2-3,6,13-14H2,1H3,(H,24,28). The second-order valence-electron chi connectivity index (χ2n) is 6.44. The molecule has 0 saturated heterocycles. The van der Waals surface area contributed by atoms with Crippen molar-refractivity contribution in [3.8, 4) is 17.1 Å². The minimum absolute atomic E-state index is 0.104. The monoisotopic (exact) mass is 416 g/mol.